The molecule has 0 saturated heterocycles. The lowest BCUT2D eigenvalue weighted by molar-refractivity contribution is -0.123. The Morgan fingerprint density at radius 1 is 1.29 bits per heavy atom. The Kier molecular flexibility index (Phi) is 4.28. The number of hydrogen-bond donors (Lipinski definition) is 1. The zero-order valence-corrected chi connectivity index (χ0v) is 14.9. The molecule has 3 rings (SSSR count). The van der Waals surface area contributed by atoms with Crippen molar-refractivity contribution in [3.05, 3.63) is 24.3 Å². The minimum atomic E-state index is -0.252. The van der Waals surface area contributed by atoms with Crippen LogP contribution in [-0.4, -0.2) is 25.3 Å². The fourth-order valence-electron chi connectivity index (χ4n) is 4.14. The highest BCUT2D eigenvalue weighted by Crippen LogP contribution is 2.63. The highest BCUT2D eigenvalue weighted by molar-refractivity contribution is 5.95. The van der Waals surface area contributed by atoms with Crippen molar-refractivity contribution in [2.45, 2.75) is 40.0 Å². The van der Waals surface area contributed by atoms with E-state index in [0.717, 1.165) is 18.6 Å². The number of nitrogens with zero attached hydrogens (tertiary/aromatic N) is 1. The van der Waals surface area contributed by atoms with E-state index in [0.29, 0.717) is 17.4 Å². The Hall–Kier alpha value is -2.04. The Balaban J connectivity index is 1.59. The number of rotatable bonds is 5. The van der Waals surface area contributed by atoms with Crippen molar-refractivity contribution in [3.63, 3.8) is 0 Å². The van der Waals surface area contributed by atoms with Gasteiger partial charge in [-0.15, -0.1) is 0 Å². The van der Waals surface area contributed by atoms with Crippen LogP contribution in [0.2, 0.25) is 0 Å². The highest BCUT2D eigenvalue weighted by Gasteiger charge is 2.59. The van der Waals surface area contributed by atoms with E-state index in [9.17, 15) is 4.79 Å². The zero-order valence-electron chi connectivity index (χ0n) is 14.9. The number of nitrogens with one attached hydrogen (secondary N) is 1. The molecule has 24 heavy (non-hydrogen) atoms. The molecule has 130 valence electrons. The van der Waals surface area contributed by atoms with Gasteiger partial charge in [0.05, 0.1) is 7.11 Å². The number of fused-ring (bicyclic) bond motifs is 2. The molecule has 0 spiro atoms. The van der Waals surface area contributed by atoms with Gasteiger partial charge in [-0.05, 0) is 42.7 Å². The number of carbonyl (C=O) groups excluding carboxylic acids is 1. The maximum atomic E-state index is 12.1. The van der Waals surface area contributed by atoms with Gasteiger partial charge in [-0.3, -0.25) is 4.79 Å². The molecule has 2 aliphatic rings. The largest absolute Gasteiger partial charge is 0.493 e. The standard InChI is InChI=1S/C19H26N2O3/c1-18(2)13-9-10-19(18,3)16(11-13)20-21-17(22)12-24-15-8-6-5-7-14(15)23-4/h5-8,13H,9-12H2,1-4H3,(H,21,22)/b20-16+. The molecule has 5 heteroatoms. The molecule has 1 aromatic rings. The topological polar surface area (TPSA) is 59.9 Å². The summed E-state index contributed by atoms with van der Waals surface area (Å²) in [4.78, 5) is 12.1. The Morgan fingerprint density at radius 2 is 2.00 bits per heavy atom. The number of benzene rings is 1. The van der Waals surface area contributed by atoms with E-state index < -0.39 is 0 Å². The third kappa shape index (κ3) is 2.66. The van der Waals surface area contributed by atoms with Gasteiger partial charge in [-0.25, -0.2) is 5.43 Å². The molecule has 2 unspecified atom stereocenters. The predicted molar refractivity (Wildman–Crippen MR) is 93.3 cm³/mol. The second-order valence-corrected chi connectivity index (χ2v) is 7.53. The Morgan fingerprint density at radius 3 is 2.58 bits per heavy atom. The monoisotopic (exact) mass is 330 g/mol. The summed E-state index contributed by atoms with van der Waals surface area (Å²) >= 11 is 0. The van der Waals surface area contributed by atoms with Crippen molar-refractivity contribution < 1.29 is 14.3 Å². The molecular weight excluding hydrogens is 304 g/mol. The maximum absolute atomic E-state index is 12.1. The van der Waals surface area contributed by atoms with Gasteiger partial charge in [-0.2, -0.15) is 5.10 Å². The summed E-state index contributed by atoms with van der Waals surface area (Å²) in [5.74, 6) is 1.58. The number of amides is 1. The van der Waals surface area contributed by atoms with E-state index in [1.54, 1.807) is 19.2 Å². The normalized spacial score (nSPS) is 28.8. The molecule has 2 atom stereocenters. The summed E-state index contributed by atoms with van der Waals surface area (Å²) in [7, 11) is 1.58. The van der Waals surface area contributed by atoms with Gasteiger partial charge >= 0.3 is 0 Å². The first-order valence-electron chi connectivity index (χ1n) is 8.50. The lowest BCUT2D eigenvalue weighted by Crippen LogP contribution is -2.35. The third-order valence-corrected chi connectivity index (χ3v) is 6.26. The van der Waals surface area contributed by atoms with Crippen LogP contribution in [0.15, 0.2) is 29.4 Å². The summed E-state index contributed by atoms with van der Waals surface area (Å²) < 4.78 is 10.7. The van der Waals surface area contributed by atoms with Crippen LogP contribution in [0, 0.1) is 16.7 Å². The Bertz CT molecular complexity index is 668. The van der Waals surface area contributed by atoms with Crippen molar-refractivity contribution in [3.8, 4) is 11.5 Å². The second-order valence-electron chi connectivity index (χ2n) is 7.53. The van der Waals surface area contributed by atoms with Crippen molar-refractivity contribution in [1.29, 1.82) is 0 Å². The van der Waals surface area contributed by atoms with Crippen molar-refractivity contribution in [2.24, 2.45) is 21.8 Å². The van der Waals surface area contributed by atoms with E-state index in [4.69, 9.17) is 9.47 Å². The van der Waals surface area contributed by atoms with Crippen LogP contribution >= 0.6 is 0 Å². The lowest BCUT2D eigenvalue weighted by atomic mass is 9.70. The first kappa shape index (κ1) is 16.8. The first-order chi connectivity index (χ1) is 11.4. The molecule has 1 N–H and O–H groups in total. The minimum absolute atomic E-state index is 0.0826. The van der Waals surface area contributed by atoms with E-state index >= 15 is 0 Å². The van der Waals surface area contributed by atoms with Gasteiger partial charge < -0.3 is 9.47 Å². The molecule has 0 aromatic heterocycles. The molecule has 0 heterocycles. The van der Waals surface area contributed by atoms with E-state index in [1.165, 1.54) is 6.42 Å². The predicted octanol–water partition coefficient (Wildman–Crippen LogP) is 3.39. The molecule has 2 fully saturated rings. The number of hydrazone groups is 1. The van der Waals surface area contributed by atoms with Crippen LogP contribution in [0.1, 0.15) is 40.0 Å². The van der Waals surface area contributed by atoms with Gasteiger partial charge in [0.1, 0.15) is 0 Å². The second kappa shape index (κ2) is 6.11. The number of methoxy groups -OCH3 is 1. The molecule has 2 saturated carbocycles. The molecule has 1 amide bonds. The average molecular weight is 330 g/mol. The van der Waals surface area contributed by atoms with Crippen LogP contribution in [0.5, 0.6) is 11.5 Å². The highest BCUT2D eigenvalue weighted by atomic mass is 16.5. The Labute approximate surface area is 143 Å². The molecule has 0 aliphatic heterocycles. The minimum Gasteiger partial charge on any atom is -0.493 e. The van der Waals surface area contributed by atoms with Crippen molar-refractivity contribution >= 4 is 11.6 Å². The van der Waals surface area contributed by atoms with Crippen LogP contribution in [0.4, 0.5) is 0 Å². The summed E-state index contributed by atoms with van der Waals surface area (Å²) in [5, 5.41) is 4.43. The van der Waals surface area contributed by atoms with Crippen molar-refractivity contribution in [1.82, 2.24) is 5.43 Å². The zero-order chi connectivity index (χ0) is 17.4. The maximum Gasteiger partial charge on any atom is 0.277 e. The molecule has 5 nitrogen and oxygen atoms in total. The van der Waals surface area contributed by atoms with Crippen molar-refractivity contribution in [2.75, 3.05) is 13.7 Å². The SMILES string of the molecule is COc1ccccc1OCC(=O)N/N=C1\CC2CCC1(C)C2(C)C. The molecule has 2 aliphatic carbocycles. The number of para-hydroxylation sites is 2. The summed E-state index contributed by atoms with van der Waals surface area (Å²) in [6.07, 6.45) is 3.39. The van der Waals surface area contributed by atoms with E-state index in [1.807, 2.05) is 12.1 Å². The summed E-state index contributed by atoms with van der Waals surface area (Å²) in [6.45, 7) is 6.83. The van der Waals surface area contributed by atoms with E-state index in [-0.39, 0.29) is 23.3 Å². The lowest BCUT2D eigenvalue weighted by Gasteiger charge is -2.34. The quantitative estimate of drug-likeness (QED) is 0.842. The number of carbonyl (C=O) groups is 1. The molecule has 1 aromatic carbocycles. The average Bonchev–Trinajstić information content (AvgIpc) is 2.91. The van der Waals surface area contributed by atoms with Gasteiger partial charge in [0.15, 0.2) is 18.1 Å². The molecule has 0 radical (unpaired) electrons. The van der Waals surface area contributed by atoms with E-state index in [2.05, 4.69) is 31.3 Å². The van der Waals surface area contributed by atoms with Crippen LogP contribution in [-0.2, 0) is 4.79 Å². The fraction of sp³-hybridized carbons (Fsp3) is 0.579. The number of ether oxygens (including phenoxy) is 2. The van der Waals surface area contributed by atoms with Gasteiger partial charge in [0.25, 0.3) is 5.91 Å². The fourth-order valence-corrected chi connectivity index (χ4v) is 4.14. The van der Waals surface area contributed by atoms with Gasteiger partial charge in [0, 0.05) is 11.1 Å². The van der Waals surface area contributed by atoms with Gasteiger partial charge in [-0.1, -0.05) is 32.9 Å². The van der Waals surface area contributed by atoms with Gasteiger partial charge in [0.2, 0.25) is 0 Å². The third-order valence-electron chi connectivity index (χ3n) is 6.26. The summed E-state index contributed by atoms with van der Waals surface area (Å²) in [6, 6.07) is 7.27. The number of hydrogen-bond acceptors (Lipinski definition) is 4. The molecule has 2 bridgehead atoms. The summed E-state index contributed by atoms with van der Waals surface area (Å²) in [5.41, 5.74) is 4.13. The van der Waals surface area contributed by atoms with Crippen LogP contribution in [0.3, 0.4) is 0 Å². The first-order valence-corrected chi connectivity index (χ1v) is 8.50. The molecular formula is C19H26N2O3. The van der Waals surface area contributed by atoms with Crippen LogP contribution in [0.25, 0.3) is 0 Å². The smallest absolute Gasteiger partial charge is 0.277 e. The van der Waals surface area contributed by atoms with Crippen LogP contribution < -0.4 is 14.9 Å².